The average Bonchev–Trinajstić information content (AvgIpc) is 2.27. The lowest BCUT2D eigenvalue weighted by Crippen LogP contribution is -2.07. The van der Waals surface area contributed by atoms with Crippen LogP contribution in [-0.4, -0.2) is 12.6 Å². The van der Waals surface area contributed by atoms with E-state index in [2.05, 4.69) is 6.58 Å². The Morgan fingerprint density at radius 2 is 1.82 bits per heavy atom. The third kappa shape index (κ3) is 3.34. The fourth-order valence-corrected chi connectivity index (χ4v) is 1.20. The van der Waals surface area contributed by atoms with E-state index in [4.69, 9.17) is 4.74 Å². The first kappa shape index (κ1) is 13.3. The fourth-order valence-electron chi connectivity index (χ4n) is 1.20. The molecule has 0 aliphatic heterocycles. The molecule has 2 nitrogen and oxygen atoms in total. The standard InChI is InChI=1S/C12H11F3O2/c1-3-17-11(16)8(2)9-4-6-10(7-5-9)12(13,14)15/h4-7H,2-3H2,1H3. The van der Waals surface area contributed by atoms with Gasteiger partial charge in [-0.1, -0.05) is 18.7 Å². The molecule has 1 rings (SSSR count). The van der Waals surface area contributed by atoms with E-state index in [1.165, 1.54) is 12.1 Å². The van der Waals surface area contributed by atoms with Gasteiger partial charge in [0.15, 0.2) is 0 Å². The number of benzene rings is 1. The summed E-state index contributed by atoms with van der Waals surface area (Å²) in [5, 5.41) is 0. The molecule has 0 atom stereocenters. The van der Waals surface area contributed by atoms with Crippen LogP contribution in [0.5, 0.6) is 0 Å². The highest BCUT2D eigenvalue weighted by molar-refractivity contribution is 6.15. The Labute approximate surface area is 96.7 Å². The van der Waals surface area contributed by atoms with Gasteiger partial charge in [-0.05, 0) is 24.6 Å². The topological polar surface area (TPSA) is 26.3 Å². The molecule has 1 aromatic rings. The maximum atomic E-state index is 12.3. The van der Waals surface area contributed by atoms with Crippen LogP contribution in [-0.2, 0) is 15.7 Å². The average molecular weight is 244 g/mol. The van der Waals surface area contributed by atoms with E-state index in [1.807, 2.05) is 0 Å². The van der Waals surface area contributed by atoms with Crippen LogP contribution >= 0.6 is 0 Å². The zero-order valence-corrected chi connectivity index (χ0v) is 9.17. The van der Waals surface area contributed by atoms with Crippen molar-refractivity contribution in [3.63, 3.8) is 0 Å². The van der Waals surface area contributed by atoms with Gasteiger partial charge in [0.2, 0.25) is 0 Å². The molecule has 92 valence electrons. The van der Waals surface area contributed by atoms with E-state index < -0.39 is 17.7 Å². The van der Waals surface area contributed by atoms with Crippen LogP contribution in [0.3, 0.4) is 0 Å². The van der Waals surface area contributed by atoms with Gasteiger partial charge < -0.3 is 4.74 Å². The maximum absolute atomic E-state index is 12.3. The molecule has 0 saturated carbocycles. The maximum Gasteiger partial charge on any atom is 0.416 e. The first-order valence-corrected chi connectivity index (χ1v) is 4.90. The number of esters is 1. The fraction of sp³-hybridized carbons (Fsp3) is 0.250. The molecule has 1 aromatic carbocycles. The van der Waals surface area contributed by atoms with E-state index in [9.17, 15) is 18.0 Å². The molecule has 0 amide bonds. The molecule has 0 N–H and O–H groups in total. The Morgan fingerprint density at radius 1 is 1.29 bits per heavy atom. The number of rotatable bonds is 3. The summed E-state index contributed by atoms with van der Waals surface area (Å²) in [6.07, 6.45) is -4.39. The van der Waals surface area contributed by atoms with Gasteiger partial charge in [0.1, 0.15) is 0 Å². The van der Waals surface area contributed by atoms with Gasteiger partial charge in [-0.3, -0.25) is 0 Å². The minimum Gasteiger partial charge on any atom is -0.462 e. The number of carbonyl (C=O) groups excluding carboxylic acids is 1. The zero-order valence-electron chi connectivity index (χ0n) is 9.17. The smallest absolute Gasteiger partial charge is 0.416 e. The monoisotopic (exact) mass is 244 g/mol. The Kier molecular flexibility index (Phi) is 3.93. The molecule has 0 radical (unpaired) electrons. The third-order valence-corrected chi connectivity index (χ3v) is 2.08. The molecule has 0 heterocycles. The van der Waals surface area contributed by atoms with Crippen LogP contribution in [0.2, 0.25) is 0 Å². The minimum atomic E-state index is -4.39. The first-order chi connectivity index (χ1) is 7.86. The predicted molar refractivity (Wildman–Crippen MR) is 57.1 cm³/mol. The van der Waals surface area contributed by atoms with Gasteiger partial charge in [0.25, 0.3) is 0 Å². The van der Waals surface area contributed by atoms with Gasteiger partial charge in [0, 0.05) is 0 Å². The summed E-state index contributed by atoms with van der Waals surface area (Å²) in [5.41, 5.74) is -0.407. The number of hydrogen-bond donors (Lipinski definition) is 0. The van der Waals surface area contributed by atoms with Crippen molar-refractivity contribution in [2.45, 2.75) is 13.1 Å². The van der Waals surface area contributed by atoms with Crippen LogP contribution in [0.1, 0.15) is 18.1 Å². The van der Waals surface area contributed by atoms with Crippen molar-refractivity contribution in [1.82, 2.24) is 0 Å². The largest absolute Gasteiger partial charge is 0.462 e. The lowest BCUT2D eigenvalue weighted by molar-refractivity contribution is -0.137. The van der Waals surface area contributed by atoms with Crippen LogP contribution < -0.4 is 0 Å². The third-order valence-electron chi connectivity index (χ3n) is 2.08. The summed E-state index contributed by atoms with van der Waals surface area (Å²) in [6.45, 7) is 5.31. The normalized spacial score (nSPS) is 11.1. The zero-order chi connectivity index (χ0) is 13.1. The highest BCUT2D eigenvalue weighted by atomic mass is 19.4. The molecule has 0 spiro atoms. The van der Waals surface area contributed by atoms with Crippen molar-refractivity contribution < 1.29 is 22.7 Å². The second kappa shape index (κ2) is 5.03. The highest BCUT2D eigenvalue weighted by Crippen LogP contribution is 2.29. The Morgan fingerprint density at radius 3 is 2.24 bits per heavy atom. The number of alkyl halides is 3. The minimum absolute atomic E-state index is 0.0422. The number of hydrogen-bond acceptors (Lipinski definition) is 2. The molecule has 0 fully saturated rings. The summed E-state index contributed by atoms with van der Waals surface area (Å²) in [5.74, 6) is -0.632. The van der Waals surface area contributed by atoms with Crippen LogP contribution in [0.25, 0.3) is 5.57 Å². The van der Waals surface area contributed by atoms with Crippen molar-refractivity contribution in [2.75, 3.05) is 6.61 Å². The number of carbonyl (C=O) groups is 1. The molecule has 17 heavy (non-hydrogen) atoms. The Balaban J connectivity index is 2.88. The summed E-state index contributed by atoms with van der Waals surface area (Å²) in [7, 11) is 0. The molecular weight excluding hydrogens is 233 g/mol. The van der Waals surface area contributed by atoms with Crippen molar-refractivity contribution in [3.05, 3.63) is 42.0 Å². The second-order valence-corrected chi connectivity index (χ2v) is 3.27. The summed E-state index contributed by atoms with van der Waals surface area (Å²) in [4.78, 5) is 11.3. The van der Waals surface area contributed by atoms with Gasteiger partial charge in [0.05, 0.1) is 17.7 Å². The summed E-state index contributed by atoms with van der Waals surface area (Å²) < 4.78 is 41.6. The van der Waals surface area contributed by atoms with Gasteiger partial charge in [-0.15, -0.1) is 0 Å². The molecule has 0 saturated heterocycles. The van der Waals surface area contributed by atoms with E-state index in [1.54, 1.807) is 6.92 Å². The number of ether oxygens (including phenoxy) is 1. The molecule has 0 aromatic heterocycles. The second-order valence-electron chi connectivity index (χ2n) is 3.27. The van der Waals surface area contributed by atoms with Gasteiger partial charge >= 0.3 is 12.1 Å². The van der Waals surface area contributed by atoms with Crippen LogP contribution in [0, 0.1) is 0 Å². The van der Waals surface area contributed by atoms with E-state index in [0.29, 0.717) is 5.56 Å². The summed E-state index contributed by atoms with van der Waals surface area (Å²) >= 11 is 0. The first-order valence-electron chi connectivity index (χ1n) is 4.90. The van der Waals surface area contributed by atoms with E-state index >= 15 is 0 Å². The van der Waals surface area contributed by atoms with Gasteiger partial charge in [-0.25, -0.2) is 4.79 Å². The molecular formula is C12H11F3O2. The number of halogens is 3. The van der Waals surface area contributed by atoms with Gasteiger partial charge in [-0.2, -0.15) is 13.2 Å². The molecule has 5 heteroatoms. The Hall–Kier alpha value is -1.78. The molecule has 0 unspecified atom stereocenters. The van der Waals surface area contributed by atoms with Crippen molar-refractivity contribution in [2.24, 2.45) is 0 Å². The van der Waals surface area contributed by atoms with Crippen molar-refractivity contribution in [1.29, 1.82) is 0 Å². The van der Waals surface area contributed by atoms with Crippen LogP contribution in [0.15, 0.2) is 30.8 Å². The Bertz CT molecular complexity index is 418. The van der Waals surface area contributed by atoms with Crippen molar-refractivity contribution in [3.8, 4) is 0 Å². The SMILES string of the molecule is C=C(C(=O)OCC)c1ccc(C(F)(F)F)cc1. The molecule has 0 bridgehead atoms. The van der Waals surface area contributed by atoms with Crippen molar-refractivity contribution >= 4 is 11.5 Å². The molecule has 0 aliphatic carbocycles. The highest BCUT2D eigenvalue weighted by Gasteiger charge is 2.30. The predicted octanol–water partition coefficient (Wildman–Crippen LogP) is 3.28. The summed E-state index contributed by atoms with van der Waals surface area (Å²) in [6, 6.07) is 4.20. The quantitative estimate of drug-likeness (QED) is 0.602. The van der Waals surface area contributed by atoms with E-state index in [0.717, 1.165) is 12.1 Å². The van der Waals surface area contributed by atoms with E-state index in [-0.39, 0.29) is 12.2 Å². The molecule has 0 aliphatic rings. The lowest BCUT2D eigenvalue weighted by atomic mass is 10.1. The van der Waals surface area contributed by atoms with Crippen LogP contribution in [0.4, 0.5) is 13.2 Å². The lowest BCUT2D eigenvalue weighted by Gasteiger charge is -2.08.